The molecule has 0 aliphatic carbocycles. The van der Waals surface area contributed by atoms with Crippen LogP contribution in [0.15, 0.2) is 14.5 Å². The number of thiophene rings is 1. The number of primary sulfonamides is 1. The molecule has 3 rings (SSSR count). The fraction of sp³-hybridized carbons (Fsp3) is 0.667. The smallest absolute Gasteiger partial charge is 0.247 e. The maximum Gasteiger partial charge on any atom is 0.247 e. The number of sulfonamides is 1. The van der Waals surface area contributed by atoms with Gasteiger partial charge >= 0.3 is 0 Å². The van der Waals surface area contributed by atoms with E-state index in [9.17, 15) is 16.8 Å². The van der Waals surface area contributed by atoms with Crippen LogP contribution >= 0.6 is 23.7 Å². The lowest BCUT2D eigenvalue weighted by atomic mass is 10.0. The van der Waals surface area contributed by atoms with Gasteiger partial charge in [-0.3, -0.25) is 0 Å². The molecule has 0 saturated carbocycles. The SMILES string of the molecule is CC1(CN2CCCC2)Cc2cc(S(N)(=O)=O)sc2S1(=O)=O.Cl. The Bertz CT molecular complexity index is 781. The van der Waals surface area contributed by atoms with Gasteiger partial charge in [0.25, 0.3) is 0 Å². The number of nitrogens with two attached hydrogens (primary N) is 1. The van der Waals surface area contributed by atoms with E-state index in [4.69, 9.17) is 5.14 Å². The molecular formula is C12H19ClN2O4S3. The Morgan fingerprint density at radius 2 is 1.95 bits per heavy atom. The highest BCUT2D eigenvalue weighted by atomic mass is 35.5. The molecule has 2 N–H and O–H groups in total. The summed E-state index contributed by atoms with van der Waals surface area (Å²) in [5.74, 6) is 0. The molecule has 1 unspecified atom stereocenters. The predicted octanol–water partition coefficient (Wildman–Crippen LogP) is 1.00. The monoisotopic (exact) mass is 386 g/mol. The Morgan fingerprint density at radius 3 is 2.45 bits per heavy atom. The Balaban J connectivity index is 0.00000176. The second kappa shape index (κ2) is 5.71. The molecule has 0 aromatic carbocycles. The van der Waals surface area contributed by atoms with Gasteiger partial charge in [0.1, 0.15) is 8.42 Å². The molecule has 0 bridgehead atoms. The zero-order valence-corrected chi connectivity index (χ0v) is 15.4. The first-order valence-electron chi connectivity index (χ1n) is 6.76. The topological polar surface area (TPSA) is 97.5 Å². The summed E-state index contributed by atoms with van der Waals surface area (Å²) < 4.78 is 47.6. The molecule has 6 nitrogen and oxygen atoms in total. The largest absolute Gasteiger partial charge is 0.302 e. The van der Waals surface area contributed by atoms with Crippen molar-refractivity contribution in [2.75, 3.05) is 19.6 Å². The van der Waals surface area contributed by atoms with Crippen molar-refractivity contribution in [2.45, 2.75) is 39.4 Å². The van der Waals surface area contributed by atoms with Crippen LogP contribution in [0, 0.1) is 0 Å². The maximum atomic E-state index is 12.8. The molecule has 0 radical (unpaired) electrons. The van der Waals surface area contributed by atoms with Crippen LogP contribution in [0.5, 0.6) is 0 Å². The van der Waals surface area contributed by atoms with E-state index >= 15 is 0 Å². The van der Waals surface area contributed by atoms with Crippen LogP contribution in [0.4, 0.5) is 0 Å². The van der Waals surface area contributed by atoms with Crippen LogP contribution in [0.25, 0.3) is 0 Å². The highest BCUT2D eigenvalue weighted by molar-refractivity contribution is 7.96. The molecule has 2 aliphatic rings. The van der Waals surface area contributed by atoms with Gasteiger partial charge in [0.05, 0.1) is 4.75 Å². The van der Waals surface area contributed by atoms with Gasteiger partial charge in [-0.15, -0.1) is 23.7 Å². The number of halogens is 1. The first-order valence-corrected chi connectivity index (χ1v) is 10.6. The number of hydrogen-bond donors (Lipinski definition) is 1. The molecule has 126 valence electrons. The average molecular weight is 387 g/mol. The third-order valence-corrected chi connectivity index (χ3v) is 9.86. The molecule has 1 aromatic heterocycles. The number of nitrogens with zero attached hydrogens (tertiary/aromatic N) is 1. The third kappa shape index (κ3) is 2.83. The highest BCUT2D eigenvalue weighted by Crippen LogP contribution is 2.45. The summed E-state index contributed by atoms with van der Waals surface area (Å²) in [5, 5.41) is 5.09. The summed E-state index contributed by atoms with van der Waals surface area (Å²) in [7, 11) is -7.36. The standard InChI is InChI=1S/C12H18N2O4S3.ClH/c1-12(8-14-4-2-3-5-14)7-9-6-10(21(13,17)18)19-11(9)20(12,15)16;/h6H,2-5,7-8H2,1H3,(H2,13,17,18);1H. The molecule has 0 spiro atoms. The van der Waals surface area contributed by atoms with E-state index in [0.29, 0.717) is 18.5 Å². The van der Waals surface area contributed by atoms with Crippen LogP contribution in [0.1, 0.15) is 25.3 Å². The number of sulfone groups is 1. The van der Waals surface area contributed by atoms with Gasteiger partial charge < -0.3 is 4.90 Å². The Kier molecular flexibility index (Phi) is 4.71. The molecule has 10 heteroatoms. The molecule has 0 amide bonds. The van der Waals surface area contributed by atoms with Gasteiger partial charge in [0.15, 0.2) is 9.84 Å². The van der Waals surface area contributed by atoms with Gasteiger partial charge in [-0.05, 0) is 50.9 Å². The first kappa shape index (κ1) is 18.2. The Morgan fingerprint density at radius 1 is 1.36 bits per heavy atom. The summed E-state index contributed by atoms with van der Waals surface area (Å²) in [4.78, 5) is 2.18. The van der Waals surface area contributed by atoms with Crippen molar-refractivity contribution < 1.29 is 16.8 Å². The summed E-state index contributed by atoms with van der Waals surface area (Å²) in [6, 6.07) is 1.42. The van der Waals surface area contributed by atoms with Crippen molar-refractivity contribution in [2.24, 2.45) is 5.14 Å². The second-order valence-electron chi connectivity index (χ2n) is 6.04. The fourth-order valence-corrected chi connectivity index (χ4v) is 7.91. The van der Waals surface area contributed by atoms with Crippen molar-refractivity contribution >= 4 is 43.6 Å². The number of likely N-dealkylation sites (tertiary alicyclic amines) is 1. The lowest BCUT2D eigenvalue weighted by molar-refractivity contribution is 0.299. The minimum atomic E-state index is -3.85. The average Bonchev–Trinajstić information content (AvgIpc) is 2.99. The van der Waals surface area contributed by atoms with Crippen molar-refractivity contribution in [1.29, 1.82) is 0 Å². The number of hydrogen-bond acceptors (Lipinski definition) is 6. The van der Waals surface area contributed by atoms with E-state index in [1.807, 2.05) is 0 Å². The minimum Gasteiger partial charge on any atom is -0.302 e. The van der Waals surface area contributed by atoms with Crippen LogP contribution in [0.2, 0.25) is 0 Å². The van der Waals surface area contributed by atoms with E-state index in [1.165, 1.54) is 6.07 Å². The van der Waals surface area contributed by atoms with Crippen molar-refractivity contribution in [3.8, 4) is 0 Å². The van der Waals surface area contributed by atoms with Crippen molar-refractivity contribution in [3.63, 3.8) is 0 Å². The second-order valence-corrected chi connectivity index (χ2v) is 11.5. The predicted molar refractivity (Wildman–Crippen MR) is 87.9 cm³/mol. The van der Waals surface area contributed by atoms with Gasteiger partial charge in [0, 0.05) is 6.54 Å². The molecule has 2 aliphatic heterocycles. The summed E-state index contributed by atoms with van der Waals surface area (Å²) >= 11 is 0.777. The van der Waals surface area contributed by atoms with Gasteiger partial charge in [0.2, 0.25) is 10.0 Å². The Labute approximate surface area is 141 Å². The van der Waals surface area contributed by atoms with Gasteiger partial charge in [-0.1, -0.05) is 0 Å². The zero-order valence-electron chi connectivity index (χ0n) is 12.1. The van der Waals surface area contributed by atoms with E-state index in [1.54, 1.807) is 6.92 Å². The molecule has 1 saturated heterocycles. The Hall–Kier alpha value is -0.190. The maximum absolute atomic E-state index is 12.8. The van der Waals surface area contributed by atoms with Crippen LogP contribution in [-0.2, 0) is 26.3 Å². The number of fused-ring (bicyclic) bond motifs is 1. The normalized spacial score (nSPS) is 27.5. The van der Waals surface area contributed by atoms with E-state index < -0.39 is 24.6 Å². The molecule has 1 aromatic rings. The minimum absolute atomic E-state index is 0. The lowest BCUT2D eigenvalue weighted by Crippen LogP contribution is -2.44. The number of rotatable bonds is 3. The molecule has 22 heavy (non-hydrogen) atoms. The van der Waals surface area contributed by atoms with Crippen LogP contribution < -0.4 is 5.14 Å². The van der Waals surface area contributed by atoms with E-state index in [2.05, 4.69) is 4.90 Å². The highest BCUT2D eigenvalue weighted by Gasteiger charge is 2.50. The summed E-state index contributed by atoms with van der Waals surface area (Å²) in [6.07, 6.45) is 2.56. The quantitative estimate of drug-likeness (QED) is 0.835. The van der Waals surface area contributed by atoms with Gasteiger partial charge in [-0.2, -0.15) is 0 Å². The van der Waals surface area contributed by atoms with Gasteiger partial charge in [-0.25, -0.2) is 22.0 Å². The molecular weight excluding hydrogens is 368 g/mol. The van der Waals surface area contributed by atoms with Crippen molar-refractivity contribution in [3.05, 3.63) is 11.6 Å². The third-order valence-electron chi connectivity index (χ3n) is 4.24. The van der Waals surface area contributed by atoms with Crippen LogP contribution in [0.3, 0.4) is 0 Å². The van der Waals surface area contributed by atoms with E-state index in [-0.39, 0.29) is 20.8 Å². The summed E-state index contributed by atoms with van der Waals surface area (Å²) in [5.41, 5.74) is 0.589. The first-order chi connectivity index (χ1) is 9.63. The molecule has 1 atom stereocenters. The summed E-state index contributed by atoms with van der Waals surface area (Å²) in [6.45, 7) is 4.12. The zero-order chi connectivity index (χ0) is 15.5. The van der Waals surface area contributed by atoms with Crippen LogP contribution in [-0.4, -0.2) is 46.1 Å². The lowest BCUT2D eigenvalue weighted by Gasteiger charge is -2.28. The van der Waals surface area contributed by atoms with E-state index in [0.717, 1.165) is 37.3 Å². The molecule has 3 heterocycles. The van der Waals surface area contributed by atoms with Crippen molar-refractivity contribution in [1.82, 2.24) is 4.90 Å². The molecule has 1 fully saturated rings. The fourth-order valence-electron chi connectivity index (χ4n) is 3.15.